The lowest BCUT2D eigenvalue weighted by atomic mass is 10.1. The van der Waals surface area contributed by atoms with Crippen molar-refractivity contribution in [3.05, 3.63) is 42.2 Å². The van der Waals surface area contributed by atoms with Gasteiger partial charge in [-0.2, -0.15) is 28.2 Å². The van der Waals surface area contributed by atoms with Crippen LogP contribution < -0.4 is 5.32 Å². The van der Waals surface area contributed by atoms with Crippen LogP contribution in [0.4, 0.5) is 23.7 Å². The number of halogens is 3. The van der Waals surface area contributed by atoms with Crippen molar-refractivity contribution in [3.63, 3.8) is 0 Å². The summed E-state index contributed by atoms with van der Waals surface area (Å²) < 4.78 is 37.6. The van der Waals surface area contributed by atoms with Gasteiger partial charge in [-0.15, -0.1) is 0 Å². The quantitative estimate of drug-likeness (QED) is 0.914. The van der Waals surface area contributed by atoms with Gasteiger partial charge < -0.3 is 10.2 Å². The summed E-state index contributed by atoms with van der Waals surface area (Å²) in [6.07, 6.45) is 0.308. The summed E-state index contributed by atoms with van der Waals surface area (Å²) in [5.74, 6) is 0. The van der Waals surface area contributed by atoms with Crippen LogP contribution in [0.5, 0.6) is 0 Å². The highest BCUT2D eigenvalue weighted by atomic mass is 19.4. The van der Waals surface area contributed by atoms with Gasteiger partial charge in [-0.3, -0.25) is 0 Å². The number of urea groups is 1. The van der Waals surface area contributed by atoms with E-state index in [0.717, 1.165) is 25.0 Å². The molecule has 3 rings (SSSR count). The smallest absolute Gasteiger partial charge is 0.324 e. The zero-order valence-corrected chi connectivity index (χ0v) is 12.7. The topological polar surface area (TPSA) is 63.1 Å². The molecule has 0 unspecified atom stereocenters. The van der Waals surface area contributed by atoms with E-state index in [0.29, 0.717) is 18.8 Å². The van der Waals surface area contributed by atoms with Crippen molar-refractivity contribution in [1.82, 2.24) is 19.9 Å². The molecule has 1 aromatic heterocycles. The number of hydrogen-bond acceptors (Lipinski definition) is 3. The number of alkyl halides is 3. The van der Waals surface area contributed by atoms with E-state index >= 15 is 0 Å². The van der Waals surface area contributed by atoms with Crippen LogP contribution in [-0.2, 0) is 6.18 Å². The minimum absolute atomic E-state index is 0.162. The second kappa shape index (κ2) is 6.50. The van der Waals surface area contributed by atoms with Gasteiger partial charge in [0.05, 0.1) is 24.0 Å². The van der Waals surface area contributed by atoms with Gasteiger partial charge in [-0.05, 0) is 37.1 Å². The second-order valence-electron chi connectivity index (χ2n) is 5.57. The van der Waals surface area contributed by atoms with Gasteiger partial charge in [-0.1, -0.05) is 0 Å². The molecule has 0 saturated carbocycles. The van der Waals surface area contributed by atoms with Crippen molar-refractivity contribution < 1.29 is 18.0 Å². The van der Waals surface area contributed by atoms with E-state index in [1.165, 1.54) is 12.1 Å². The molecule has 128 valence electrons. The second-order valence-corrected chi connectivity index (χ2v) is 5.57. The normalized spacial score (nSPS) is 16.2. The SMILES string of the molecule is O=C(Nc1ccc(C(F)(F)F)cc1)N1CCC(n2nccn2)CC1. The first-order chi connectivity index (χ1) is 11.4. The monoisotopic (exact) mass is 339 g/mol. The maximum Gasteiger partial charge on any atom is 0.416 e. The van der Waals surface area contributed by atoms with E-state index in [1.807, 2.05) is 0 Å². The van der Waals surface area contributed by atoms with Gasteiger partial charge in [0.15, 0.2) is 0 Å². The number of likely N-dealkylation sites (tertiary alicyclic amines) is 1. The molecule has 0 radical (unpaired) electrons. The number of anilines is 1. The predicted molar refractivity (Wildman–Crippen MR) is 80.3 cm³/mol. The molecule has 9 heteroatoms. The van der Waals surface area contributed by atoms with Crippen molar-refractivity contribution >= 4 is 11.7 Å². The lowest BCUT2D eigenvalue weighted by Gasteiger charge is -2.31. The van der Waals surface area contributed by atoms with Crippen LogP contribution in [0.25, 0.3) is 0 Å². The first-order valence-corrected chi connectivity index (χ1v) is 7.52. The Bertz CT molecular complexity index is 676. The molecule has 24 heavy (non-hydrogen) atoms. The summed E-state index contributed by atoms with van der Waals surface area (Å²) in [5.41, 5.74) is -0.406. The fourth-order valence-corrected chi connectivity index (χ4v) is 2.66. The zero-order chi connectivity index (χ0) is 17.2. The third kappa shape index (κ3) is 3.66. The van der Waals surface area contributed by atoms with Crippen molar-refractivity contribution in [2.24, 2.45) is 0 Å². The van der Waals surface area contributed by atoms with Gasteiger partial charge in [-0.25, -0.2) is 4.79 Å². The Hall–Kier alpha value is -2.58. The lowest BCUT2D eigenvalue weighted by Crippen LogP contribution is -2.41. The molecule has 0 aliphatic carbocycles. The first-order valence-electron chi connectivity index (χ1n) is 7.52. The maximum absolute atomic E-state index is 12.5. The predicted octanol–water partition coefficient (Wildman–Crippen LogP) is 3.17. The Morgan fingerprint density at radius 3 is 2.21 bits per heavy atom. The van der Waals surface area contributed by atoms with Crippen LogP contribution in [0.1, 0.15) is 24.4 Å². The minimum Gasteiger partial charge on any atom is -0.324 e. The number of rotatable bonds is 2. The minimum atomic E-state index is -4.38. The lowest BCUT2D eigenvalue weighted by molar-refractivity contribution is -0.137. The molecule has 1 fully saturated rings. The first kappa shape index (κ1) is 16.3. The largest absolute Gasteiger partial charge is 0.416 e. The zero-order valence-electron chi connectivity index (χ0n) is 12.7. The highest BCUT2D eigenvalue weighted by Gasteiger charge is 2.30. The number of benzene rings is 1. The van der Waals surface area contributed by atoms with Gasteiger partial charge in [0.25, 0.3) is 0 Å². The number of carbonyl (C=O) groups is 1. The Kier molecular flexibility index (Phi) is 4.41. The van der Waals surface area contributed by atoms with Gasteiger partial charge in [0, 0.05) is 18.8 Å². The van der Waals surface area contributed by atoms with Crippen LogP contribution >= 0.6 is 0 Å². The summed E-state index contributed by atoms with van der Waals surface area (Å²) in [5, 5.41) is 10.8. The summed E-state index contributed by atoms with van der Waals surface area (Å²) in [6.45, 7) is 1.08. The van der Waals surface area contributed by atoms with Crippen LogP contribution in [0, 0.1) is 0 Å². The number of amides is 2. The van der Waals surface area contributed by atoms with Gasteiger partial charge in [0.1, 0.15) is 0 Å². The molecule has 6 nitrogen and oxygen atoms in total. The molecule has 2 heterocycles. The third-order valence-corrected chi connectivity index (χ3v) is 3.98. The Morgan fingerprint density at radius 1 is 1.08 bits per heavy atom. The van der Waals surface area contributed by atoms with Crippen molar-refractivity contribution in [3.8, 4) is 0 Å². The average molecular weight is 339 g/mol. The fourth-order valence-electron chi connectivity index (χ4n) is 2.66. The van der Waals surface area contributed by atoms with E-state index in [-0.39, 0.29) is 12.1 Å². The molecule has 1 aliphatic heterocycles. The maximum atomic E-state index is 12.5. The molecule has 1 saturated heterocycles. The number of hydrogen-bond donors (Lipinski definition) is 1. The molecule has 2 amide bonds. The summed E-state index contributed by atoms with van der Waals surface area (Å²) in [6, 6.07) is 4.25. The fraction of sp³-hybridized carbons (Fsp3) is 0.400. The highest BCUT2D eigenvalue weighted by Crippen LogP contribution is 2.30. The summed E-state index contributed by atoms with van der Waals surface area (Å²) in [4.78, 5) is 15.5. The summed E-state index contributed by atoms with van der Waals surface area (Å²) in [7, 11) is 0. The molecule has 0 bridgehead atoms. The summed E-state index contributed by atoms with van der Waals surface area (Å²) >= 11 is 0. The van der Waals surface area contributed by atoms with Crippen LogP contribution in [-0.4, -0.2) is 39.0 Å². The molecule has 1 aliphatic rings. The Morgan fingerprint density at radius 2 is 1.67 bits per heavy atom. The van der Waals surface area contributed by atoms with Crippen LogP contribution in [0.3, 0.4) is 0 Å². The van der Waals surface area contributed by atoms with Crippen LogP contribution in [0.2, 0.25) is 0 Å². The van der Waals surface area contributed by atoms with Gasteiger partial charge >= 0.3 is 12.2 Å². The Labute approximate surface area is 136 Å². The molecular formula is C15H16F3N5O. The third-order valence-electron chi connectivity index (χ3n) is 3.98. The van der Waals surface area contributed by atoms with E-state index in [4.69, 9.17) is 0 Å². The molecule has 0 atom stereocenters. The van der Waals surface area contributed by atoms with Crippen molar-refractivity contribution in [2.45, 2.75) is 25.1 Å². The van der Waals surface area contributed by atoms with Crippen molar-refractivity contribution in [1.29, 1.82) is 0 Å². The Balaban J connectivity index is 1.54. The van der Waals surface area contributed by atoms with E-state index in [2.05, 4.69) is 15.5 Å². The molecule has 1 N–H and O–H groups in total. The number of nitrogens with one attached hydrogen (secondary N) is 1. The number of piperidine rings is 1. The number of carbonyl (C=O) groups excluding carboxylic acids is 1. The van der Waals surface area contributed by atoms with Crippen molar-refractivity contribution in [2.75, 3.05) is 18.4 Å². The molecule has 2 aromatic rings. The van der Waals surface area contributed by atoms with E-state index in [9.17, 15) is 18.0 Å². The van der Waals surface area contributed by atoms with Crippen LogP contribution in [0.15, 0.2) is 36.7 Å². The molecule has 0 spiro atoms. The van der Waals surface area contributed by atoms with E-state index in [1.54, 1.807) is 22.1 Å². The number of aromatic nitrogens is 3. The molecule has 1 aromatic carbocycles. The molecular weight excluding hydrogens is 323 g/mol. The average Bonchev–Trinajstić information content (AvgIpc) is 3.09. The standard InChI is InChI=1S/C15H16F3N5O/c16-15(17,18)11-1-3-12(4-2-11)21-14(24)22-9-5-13(6-10-22)23-19-7-8-20-23/h1-4,7-8,13H,5-6,9-10H2,(H,21,24). The van der Waals surface area contributed by atoms with Gasteiger partial charge in [0.2, 0.25) is 0 Å². The van der Waals surface area contributed by atoms with E-state index < -0.39 is 11.7 Å². The number of nitrogens with zero attached hydrogens (tertiary/aromatic N) is 4. The highest BCUT2D eigenvalue weighted by molar-refractivity contribution is 5.89.